The van der Waals surface area contributed by atoms with Crippen LogP contribution in [-0.4, -0.2) is 20.7 Å². The van der Waals surface area contributed by atoms with E-state index in [1.165, 1.54) is 23.2 Å². The Bertz CT molecular complexity index is 1200. The van der Waals surface area contributed by atoms with Gasteiger partial charge in [-0.2, -0.15) is 5.10 Å². The minimum Gasteiger partial charge on any atom is -0.443 e. The number of carbonyl (C=O) groups excluding carboxylic acids is 1. The van der Waals surface area contributed by atoms with Crippen molar-refractivity contribution in [3.05, 3.63) is 77.8 Å². The number of aromatic nitrogens is 3. The summed E-state index contributed by atoms with van der Waals surface area (Å²) in [5.41, 5.74) is 2.31. The highest BCUT2D eigenvalue weighted by Crippen LogP contribution is 2.27. The molecule has 0 saturated carbocycles. The van der Waals surface area contributed by atoms with Crippen molar-refractivity contribution in [3.63, 3.8) is 0 Å². The first-order chi connectivity index (χ1) is 13.9. The molecule has 1 amide bonds. The number of nitrogens with zero attached hydrogens (tertiary/aromatic N) is 3. The van der Waals surface area contributed by atoms with Crippen molar-refractivity contribution in [2.75, 3.05) is 5.32 Å². The molecule has 2 aromatic carbocycles. The summed E-state index contributed by atoms with van der Waals surface area (Å²) in [4.78, 5) is 16.8. The molecule has 0 bridgehead atoms. The second-order valence-electron chi connectivity index (χ2n) is 6.51. The molecule has 4 aromatic rings. The average Bonchev–Trinajstić information content (AvgIpc) is 3.30. The summed E-state index contributed by atoms with van der Waals surface area (Å²) in [6.45, 7) is 1.96. The van der Waals surface area contributed by atoms with Crippen LogP contribution in [0, 0.1) is 18.6 Å². The Hall–Kier alpha value is -3.81. The van der Waals surface area contributed by atoms with Crippen LogP contribution in [0.2, 0.25) is 0 Å². The predicted octanol–water partition coefficient (Wildman–Crippen LogP) is 4.58. The van der Waals surface area contributed by atoms with E-state index in [1.54, 1.807) is 7.05 Å². The summed E-state index contributed by atoms with van der Waals surface area (Å²) in [6.07, 6.45) is 1.20. The van der Waals surface area contributed by atoms with E-state index in [9.17, 15) is 13.6 Å². The Labute approximate surface area is 164 Å². The molecule has 0 fully saturated rings. The molecule has 0 aliphatic heterocycles. The van der Waals surface area contributed by atoms with Crippen molar-refractivity contribution in [3.8, 4) is 22.6 Å². The maximum absolute atomic E-state index is 14.0. The highest BCUT2D eigenvalue weighted by molar-refractivity contribution is 6.06. The Balaban J connectivity index is 1.61. The van der Waals surface area contributed by atoms with Gasteiger partial charge in [0.25, 0.3) is 5.91 Å². The topological polar surface area (TPSA) is 73.0 Å². The molecule has 0 saturated heterocycles. The van der Waals surface area contributed by atoms with Gasteiger partial charge < -0.3 is 9.73 Å². The van der Waals surface area contributed by atoms with Gasteiger partial charge in [0.1, 0.15) is 17.5 Å². The third-order valence-electron chi connectivity index (χ3n) is 4.42. The molecule has 4 rings (SSSR count). The molecule has 6 nitrogen and oxygen atoms in total. The van der Waals surface area contributed by atoms with Gasteiger partial charge in [-0.25, -0.2) is 13.8 Å². The first-order valence-electron chi connectivity index (χ1n) is 8.73. The van der Waals surface area contributed by atoms with Crippen LogP contribution in [0.15, 0.2) is 59.3 Å². The lowest BCUT2D eigenvalue weighted by atomic mass is 10.1. The number of carbonyl (C=O) groups is 1. The molecule has 0 atom stereocenters. The molecule has 146 valence electrons. The zero-order valence-corrected chi connectivity index (χ0v) is 15.6. The normalized spacial score (nSPS) is 10.9. The summed E-state index contributed by atoms with van der Waals surface area (Å²) >= 11 is 0. The molecule has 0 aliphatic rings. The number of hydrogen-bond acceptors (Lipinski definition) is 4. The SMILES string of the molecule is Cc1ccc(-c2ocnc2C(=O)Nc2cc(-c3ccc(F)cc3F)nn2C)cc1. The van der Waals surface area contributed by atoms with Crippen LogP contribution in [0.5, 0.6) is 0 Å². The highest BCUT2D eigenvalue weighted by Gasteiger charge is 2.20. The van der Waals surface area contributed by atoms with Crippen LogP contribution < -0.4 is 5.32 Å². The lowest BCUT2D eigenvalue weighted by Gasteiger charge is -2.04. The molecule has 0 spiro atoms. The first kappa shape index (κ1) is 18.5. The lowest BCUT2D eigenvalue weighted by molar-refractivity contribution is 0.102. The lowest BCUT2D eigenvalue weighted by Crippen LogP contribution is -2.15. The second kappa shape index (κ2) is 7.31. The van der Waals surface area contributed by atoms with E-state index in [4.69, 9.17) is 4.42 Å². The van der Waals surface area contributed by atoms with Crippen molar-refractivity contribution >= 4 is 11.7 Å². The van der Waals surface area contributed by atoms with Gasteiger partial charge in [-0.15, -0.1) is 0 Å². The van der Waals surface area contributed by atoms with E-state index < -0.39 is 17.5 Å². The number of oxazole rings is 1. The summed E-state index contributed by atoms with van der Waals surface area (Å²) in [5, 5.41) is 6.89. The van der Waals surface area contributed by atoms with E-state index in [2.05, 4.69) is 15.4 Å². The highest BCUT2D eigenvalue weighted by atomic mass is 19.1. The Kier molecular flexibility index (Phi) is 4.67. The summed E-state index contributed by atoms with van der Waals surface area (Å²) in [5.74, 6) is -1.24. The minimum atomic E-state index is -0.737. The van der Waals surface area contributed by atoms with Crippen LogP contribution in [0.25, 0.3) is 22.6 Å². The van der Waals surface area contributed by atoms with Crippen LogP contribution in [0.3, 0.4) is 0 Å². The Morgan fingerprint density at radius 3 is 2.59 bits per heavy atom. The predicted molar refractivity (Wildman–Crippen MR) is 103 cm³/mol. The molecule has 0 aliphatic carbocycles. The monoisotopic (exact) mass is 394 g/mol. The van der Waals surface area contributed by atoms with E-state index in [0.29, 0.717) is 11.6 Å². The molecular weight excluding hydrogens is 378 g/mol. The Morgan fingerprint density at radius 2 is 1.86 bits per heavy atom. The largest absolute Gasteiger partial charge is 0.443 e. The number of amides is 1. The fourth-order valence-electron chi connectivity index (χ4n) is 2.91. The van der Waals surface area contributed by atoms with Gasteiger partial charge >= 0.3 is 0 Å². The number of halogens is 2. The number of rotatable bonds is 4. The standard InChI is InChI=1S/C21H16F2N4O2/c1-12-3-5-13(6-4-12)20-19(24-11-29-20)21(28)25-18-10-17(26-27(18)2)15-8-7-14(22)9-16(15)23/h3-11H,1-2H3,(H,25,28). The van der Waals surface area contributed by atoms with E-state index in [1.807, 2.05) is 31.2 Å². The summed E-state index contributed by atoms with van der Waals surface area (Å²) < 4.78 is 34.0. The van der Waals surface area contributed by atoms with Crippen LogP contribution in [0.4, 0.5) is 14.6 Å². The van der Waals surface area contributed by atoms with Gasteiger partial charge in [0.05, 0.1) is 5.69 Å². The first-order valence-corrected chi connectivity index (χ1v) is 8.73. The van der Waals surface area contributed by atoms with Crippen molar-refractivity contribution in [2.45, 2.75) is 6.92 Å². The number of benzene rings is 2. The van der Waals surface area contributed by atoms with Crippen molar-refractivity contribution in [1.29, 1.82) is 0 Å². The number of nitrogens with one attached hydrogen (secondary N) is 1. The minimum absolute atomic E-state index is 0.115. The average molecular weight is 394 g/mol. The van der Waals surface area contributed by atoms with Gasteiger partial charge in [0, 0.05) is 30.3 Å². The van der Waals surface area contributed by atoms with Crippen LogP contribution >= 0.6 is 0 Å². The zero-order valence-electron chi connectivity index (χ0n) is 15.6. The number of aryl methyl sites for hydroxylation is 2. The smallest absolute Gasteiger partial charge is 0.279 e. The van der Waals surface area contributed by atoms with Gasteiger partial charge in [0.2, 0.25) is 0 Å². The van der Waals surface area contributed by atoms with E-state index in [-0.39, 0.29) is 17.0 Å². The fraction of sp³-hybridized carbons (Fsp3) is 0.0952. The molecule has 8 heteroatoms. The Morgan fingerprint density at radius 1 is 1.10 bits per heavy atom. The third-order valence-corrected chi connectivity index (χ3v) is 4.42. The molecular formula is C21H16F2N4O2. The van der Waals surface area contributed by atoms with Crippen LogP contribution in [0.1, 0.15) is 16.1 Å². The maximum Gasteiger partial charge on any atom is 0.279 e. The van der Waals surface area contributed by atoms with Crippen LogP contribution in [-0.2, 0) is 7.05 Å². The molecule has 1 N–H and O–H groups in total. The van der Waals surface area contributed by atoms with Gasteiger partial charge in [0.15, 0.2) is 17.8 Å². The summed E-state index contributed by atoms with van der Waals surface area (Å²) in [6, 6.07) is 12.2. The number of hydrogen-bond donors (Lipinski definition) is 1. The van der Waals surface area contributed by atoms with Gasteiger partial charge in [-0.1, -0.05) is 29.8 Å². The molecule has 0 unspecified atom stereocenters. The van der Waals surface area contributed by atoms with Gasteiger partial charge in [-0.3, -0.25) is 9.48 Å². The quantitative estimate of drug-likeness (QED) is 0.550. The van der Waals surface area contributed by atoms with Crippen molar-refractivity contribution in [1.82, 2.24) is 14.8 Å². The molecule has 0 radical (unpaired) electrons. The van der Waals surface area contributed by atoms with E-state index >= 15 is 0 Å². The fourth-order valence-corrected chi connectivity index (χ4v) is 2.91. The zero-order chi connectivity index (χ0) is 20.5. The molecule has 2 heterocycles. The van der Waals surface area contributed by atoms with E-state index in [0.717, 1.165) is 23.3 Å². The second-order valence-corrected chi connectivity index (χ2v) is 6.51. The maximum atomic E-state index is 14.0. The third kappa shape index (κ3) is 3.64. The number of anilines is 1. The van der Waals surface area contributed by atoms with Crippen molar-refractivity contribution < 1.29 is 18.0 Å². The molecule has 2 aromatic heterocycles. The summed E-state index contributed by atoms with van der Waals surface area (Å²) in [7, 11) is 1.60. The van der Waals surface area contributed by atoms with Crippen molar-refractivity contribution in [2.24, 2.45) is 7.05 Å². The molecule has 29 heavy (non-hydrogen) atoms. The van der Waals surface area contributed by atoms with Gasteiger partial charge in [-0.05, 0) is 19.1 Å².